The number of benzene rings is 1. The third-order valence-corrected chi connectivity index (χ3v) is 3.72. The molecule has 1 amide bonds. The number of ether oxygens (including phenoxy) is 2. The van der Waals surface area contributed by atoms with Gasteiger partial charge in [-0.15, -0.1) is 0 Å². The molecule has 0 unspecified atom stereocenters. The van der Waals surface area contributed by atoms with Gasteiger partial charge in [0.15, 0.2) is 23.3 Å². The second-order valence-corrected chi connectivity index (χ2v) is 5.34. The van der Waals surface area contributed by atoms with E-state index in [4.69, 9.17) is 4.74 Å². The van der Waals surface area contributed by atoms with E-state index >= 15 is 0 Å². The average molecular weight is 342 g/mol. The van der Waals surface area contributed by atoms with Gasteiger partial charge in [-0.1, -0.05) is 11.3 Å². The van der Waals surface area contributed by atoms with Crippen molar-refractivity contribution in [3.8, 4) is 5.75 Å². The van der Waals surface area contributed by atoms with Crippen LogP contribution in [0.5, 0.6) is 5.75 Å². The van der Waals surface area contributed by atoms with E-state index in [0.717, 1.165) is 23.5 Å². The summed E-state index contributed by atoms with van der Waals surface area (Å²) in [7, 11) is 1.24. The Labute approximate surface area is 134 Å². The maximum atomic E-state index is 13.4. The number of anilines is 1. The van der Waals surface area contributed by atoms with Crippen molar-refractivity contribution < 1.29 is 27.8 Å². The summed E-state index contributed by atoms with van der Waals surface area (Å²) in [5.74, 6) is -3.04. The molecule has 0 radical (unpaired) electrons. The van der Waals surface area contributed by atoms with Crippen molar-refractivity contribution in [1.29, 1.82) is 0 Å². The summed E-state index contributed by atoms with van der Waals surface area (Å²) in [6, 6.07) is 2.75. The van der Waals surface area contributed by atoms with Crippen LogP contribution in [0, 0.1) is 18.6 Å². The number of nitrogens with zero attached hydrogens (tertiary/aromatic N) is 1. The van der Waals surface area contributed by atoms with Gasteiger partial charge in [-0.2, -0.15) is 0 Å². The molecule has 2 aromatic rings. The summed E-state index contributed by atoms with van der Waals surface area (Å²) >= 11 is 0.950. The highest BCUT2D eigenvalue weighted by molar-refractivity contribution is 7.17. The average Bonchev–Trinajstić information content (AvgIpc) is 2.86. The van der Waals surface area contributed by atoms with Gasteiger partial charge in [0, 0.05) is 6.07 Å². The molecule has 0 aliphatic rings. The van der Waals surface area contributed by atoms with E-state index in [0.29, 0.717) is 11.8 Å². The van der Waals surface area contributed by atoms with Gasteiger partial charge >= 0.3 is 5.97 Å². The molecule has 0 aliphatic heterocycles. The number of hydrogen-bond donors (Lipinski definition) is 1. The Bertz CT molecular complexity index is 748. The van der Waals surface area contributed by atoms with E-state index in [2.05, 4.69) is 15.0 Å². The number of halogens is 2. The van der Waals surface area contributed by atoms with Gasteiger partial charge in [0.2, 0.25) is 0 Å². The van der Waals surface area contributed by atoms with Gasteiger partial charge in [0.05, 0.1) is 12.8 Å². The number of amides is 1. The molecule has 0 fully saturated rings. The summed E-state index contributed by atoms with van der Waals surface area (Å²) in [5, 5.41) is 2.61. The van der Waals surface area contributed by atoms with Gasteiger partial charge in [-0.3, -0.25) is 10.1 Å². The quantitative estimate of drug-likeness (QED) is 0.845. The minimum atomic E-state index is -0.907. The van der Waals surface area contributed by atoms with E-state index in [1.807, 2.05) is 0 Å². The third-order valence-electron chi connectivity index (χ3n) is 2.67. The maximum Gasteiger partial charge on any atom is 0.350 e. The Morgan fingerprint density at radius 3 is 2.74 bits per heavy atom. The molecule has 2 rings (SSSR count). The van der Waals surface area contributed by atoms with Crippen molar-refractivity contribution in [2.45, 2.75) is 6.92 Å². The SMILES string of the molecule is COC(=O)c1sc(NC(=O)COc2ccc(F)cc2F)nc1C. The molecule has 0 aliphatic carbocycles. The minimum absolute atomic E-state index is 0.191. The number of methoxy groups -OCH3 is 1. The van der Waals surface area contributed by atoms with Gasteiger partial charge in [-0.05, 0) is 19.1 Å². The summed E-state index contributed by atoms with van der Waals surface area (Å²) < 4.78 is 35.7. The molecule has 0 saturated heterocycles. The van der Waals surface area contributed by atoms with Crippen LogP contribution in [0.25, 0.3) is 0 Å². The lowest BCUT2D eigenvalue weighted by atomic mass is 10.3. The van der Waals surface area contributed by atoms with Crippen molar-refractivity contribution in [2.24, 2.45) is 0 Å². The largest absolute Gasteiger partial charge is 0.481 e. The standard InChI is InChI=1S/C14H12F2N2O4S/c1-7-12(13(20)21-2)23-14(17-7)18-11(19)6-22-10-4-3-8(15)5-9(10)16/h3-5H,6H2,1-2H3,(H,17,18,19). The van der Waals surface area contributed by atoms with Gasteiger partial charge in [0.25, 0.3) is 5.91 Å². The number of thiazole rings is 1. The van der Waals surface area contributed by atoms with Gasteiger partial charge < -0.3 is 9.47 Å². The molecule has 0 saturated carbocycles. The number of aromatic nitrogens is 1. The van der Waals surface area contributed by atoms with E-state index < -0.39 is 30.1 Å². The number of rotatable bonds is 5. The smallest absolute Gasteiger partial charge is 0.350 e. The van der Waals surface area contributed by atoms with Crippen molar-refractivity contribution >= 4 is 28.3 Å². The Kier molecular flexibility index (Phi) is 5.22. The van der Waals surface area contributed by atoms with E-state index in [9.17, 15) is 18.4 Å². The van der Waals surface area contributed by atoms with Crippen LogP contribution in [0.1, 0.15) is 15.4 Å². The van der Waals surface area contributed by atoms with Crippen molar-refractivity contribution in [1.82, 2.24) is 4.98 Å². The number of carbonyl (C=O) groups is 2. The maximum absolute atomic E-state index is 13.4. The fourth-order valence-electron chi connectivity index (χ4n) is 1.62. The van der Waals surface area contributed by atoms with Gasteiger partial charge in [0.1, 0.15) is 10.7 Å². The van der Waals surface area contributed by atoms with Gasteiger partial charge in [-0.25, -0.2) is 18.6 Å². The van der Waals surface area contributed by atoms with Crippen LogP contribution < -0.4 is 10.1 Å². The highest BCUT2D eigenvalue weighted by Crippen LogP contribution is 2.23. The Hall–Kier alpha value is -2.55. The molecule has 1 aromatic heterocycles. The van der Waals surface area contributed by atoms with E-state index in [-0.39, 0.29) is 15.8 Å². The van der Waals surface area contributed by atoms with Crippen LogP contribution in [0.4, 0.5) is 13.9 Å². The molecule has 0 bridgehead atoms. The Morgan fingerprint density at radius 1 is 1.35 bits per heavy atom. The second kappa shape index (κ2) is 7.14. The number of aryl methyl sites for hydroxylation is 1. The number of nitrogens with one attached hydrogen (secondary N) is 1. The molecule has 6 nitrogen and oxygen atoms in total. The lowest BCUT2D eigenvalue weighted by molar-refractivity contribution is -0.118. The molecule has 1 N–H and O–H groups in total. The predicted octanol–water partition coefficient (Wildman–Crippen LogP) is 2.53. The van der Waals surface area contributed by atoms with Crippen LogP contribution in [-0.4, -0.2) is 30.6 Å². The fourth-order valence-corrected chi connectivity index (χ4v) is 2.52. The first-order chi connectivity index (χ1) is 10.9. The number of carbonyl (C=O) groups excluding carboxylic acids is 2. The molecule has 1 heterocycles. The molecule has 1 aromatic carbocycles. The second-order valence-electron chi connectivity index (χ2n) is 4.34. The predicted molar refractivity (Wildman–Crippen MR) is 78.7 cm³/mol. The molecule has 0 spiro atoms. The minimum Gasteiger partial charge on any atom is -0.481 e. The Balaban J connectivity index is 1.96. The van der Waals surface area contributed by atoms with E-state index in [1.54, 1.807) is 6.92 Å². The summed E-state index contributed by atoms with van der Waals surface area (Å²) in [5.41, 5.74) is 0.419. The van der Waals surface area contributed by atoms with Crippen LogP contribution >= 0.6 is 11.3 Å². The molecular formula is C14H12F2N2O4S. The van der Waals surface area contributed by atoms with Crippen LogP contribution in [0.15, 0.2) is 18.2 Å². The molecular weight excluding hydrogens is 330 g/mol. The number of hydrogen-bond acceptors (Lipinski definition) is 6. The van der Waals surface area contributed by atoms with Crippen LogP contribution in [-0.2, 0) is 9.53 Å². The first-order valence-corrected chi connectivity index (χ1v) is 7.15. The normalized spacial score (nSPS) is 10.3. The van der Waals surface area contributed by atoms with Crippen molar-refractivity contribution in [3.63, 3.8) is 0 Å². The monoisotopic (exact) mass is 342 g/mol. The lowest BCUT2D eigenvalue weighted by Crippen LogP contribution is -2.20. The van der Waals surface area contributed by atoms with Crippen LogP contribution in [0.2, 0.25) is 0 Å². The van der Waals surface area contributed by atoms with Crippen LogP contribution in [0.3, 0.4) is 0 Å². The summed E-state index contributed by atoms with van der Waals surface area (Å²) in [6.07, 6.45) is 0. The fraction of sp³-hybridized carbons (Fsp3) is 0.214. The van der Waals surface area contributed by atoms with E-state index in [1.165, 1.54) is 7.11 Å². The zero-order valence-corrected chi connectivity index (χ0v) is 13.0. The topological polar surface area (TPSA) is 77.5 Å². The third kappa shape index (κ3) is 4.22. The first-order valence-electron chi connectivity index (χ1n) is 6.34. The summed E-state index contributed by atoms with van der Waals surface area (Å²) in [6.45, 7) is 1.11. The molecule has 23 heavy (non-hydrogen) atoms. The lowest BCUT2D eigenvalue weighted by Gasteiger charge is -2.06. The highest BCUT2D eigenvalue weighted by atomic mass is 32.1. The Morgan fingerprint density at radius 2 is 2.09 bits per heavy atom. The zero-order chi connectivity index (χ0) is 17.0. The molecule has 122 valence electrons. The van der Waals surface area contributed by atoms with Crippen molar-refractivity contribution in [2.75, 3.05) is 19.0 Å². The highest BCUT2D eigenvalue weighted by Gasteiger charge is 2.17. The molecule has 0 atom stereocenters. The van der Waals surface area contributed by atoms with Crippen molar-refractivity contribution in [3.05, 3.63) is 40.4 Å². The zero-order valence-electron chi connectivity index (χ0n) is 12.2. The molecule has 9 heteroatoms. The first kappa shape index (κ1) is 16.8. The number of esters is 1. The summed E-state index contributed by atoms with van der Waals surface area (Å²) in [4.78, 5) is 27.5.